The predicted molar refractivity (Wildman–Crippen MR) is 156 cm³/mol. The summed E-state index contributed by atoms with van der Waals surface area (Å²) < 4.78 is 13.3. The quantitative estimate of drug-likeness (QED) is 0.320. The third-order valence-electron chi connectivity index (χ3n) is 7.41. The molecule has 0 saturated carbocycles. The Hall–Kier alpha value is -4.44. The molecule has 1 unspecified atom stereocenters. The molecule has 1 aliphatic carbocycles. The van der Waals surface area contributed by atoms with E-state index in [1.807, 2.05) is 43.3 Å². The van der Waals surface area contributed by atoms with Crippen molar-refractivity contribution < 1.29 is 9.26 Å². The number of allylic oxidation sites excluding steroid dienone is 2. The molecule has 10 nitrogen and oxygen atoms in total. The number of benzene rings is 1. The number of rotatable bonds is 9. The normalized spacial score (nSPS) is 16.8. The first-order valence-electron chi connectivity index (χ1n) is 13.6. The summed E-state index contributed by atoms with van der Waals surface area (Å²) in [5, 5.41) is 11.4. The van der Waals surface area contributed by atoms with Gasteiger partial charge >= 0.3 is 0 Å². The van der Waals surface area contributed by atoms with Crippen molar-refractivity contribution in [1.82, 2.24) is 29.9 Å². The lowest BCUT2D eigenvalue weighted by Crippen LogP contribution is -2.27. The van der Waals surface area contributed by atoms with Gasteiger partial charge in [-0.05, 0) is 68.1 Å². The predicted octanol–water partition coefficient (Wildman–Crippen LogP) is 4.41. The molecule has 0 radical (unpaired) electrons. The molecule has 2 N–H and O–H groups in total. The Labute approximate surface area is 232 Å². The molecule has 1 aliphatic heterocycles. The number of fused-ring (bicyclic) bond motifs is 1. The molecule has 10 heteroatoms. The van der Waals surface area contributed by atoms with E-state index < -0.39 is 0 Å². The standard InChI is InChI=1S/C30H33N7O3/c1-19(36(2)3)26-14-21-15-32-30(34-23-8-10-24(11-9-23)39-25-12-13-31-17-25)35-28(21)37(29(26)38)18-22-16-33-40-27(22)20-6-4-5-7-20/h6,8-11,14-16,25,31H,1,4-5,7,12-13,17-18H2,2-3H3,(H,32,34,35). The van der Waals surface area contributed by atoms with E-state index in [9.17, 15) is 4.79 Å². The number of nitrogens with one attached hydrogen (secondary N) is 2. The zero-order valence-corrected chi connectivity index (χ0v) is 22.8. The van der Waals surface area contributed by atoms with Crippen LogP contribution in [0.5, 0.6) is 5.75 Å². The maximum atomic E-state index is 13.8. The molecular formula is C30H33N7O3. The van der Waals surface area contributed by atoms with E-state index >= 15 is 0 Å². The van der Waals surface area contributed by atoms with Crippen LogP contribution in [-0.2, 0) is 6.54 Å². The van der Waals surface area contributed by atoms with Gasteiger partial charge in [-0.3, -0.25) is 9.36 Å². The van der Waals surface area contributed by atoms with E-state index in [-0.39, 0.29) is 18.2 Å². The summed E-state index contributed by atoms with van der Waals surface area (Å²) in [6.45, 7) is 6.24. The zero-order chi connectivity index (χ0) is 27.6. The average Bonchev–Trinajstić information content (AvgIpc) is 3.74. The van der Waals surface area contributed by atoms with E-state index in [1.54, 1.807) is 23.0 Å². The monoisotopic (exact) mass is 539 g/mol. The zero-order valence-electron chi connectivity index (χ0n) is 22.8. The minimum Gasteiger partial charge on any atom is -0.489 e. The Morgan fingerprint density at radius 2 is 2.12 bits per heavy atom. The van der Waals surface area contributed by atoms with E-state index in [4.69, 9.17) is 14.2 Å². The summed E-state index contributed by atoms with van der Waals surface area (Å²) in [7, 11) is 3.73. The first-order chi connectivity index (χ1) is 19.5. The highest BCUT2D eigenvalue weighted by atomic mass is 16.5. The molecule has 2 aliphatic rings. The lowest BCUT2D eigenvalue weighted by Gasteiger charge is -2.18. The van der Waals surface area contributed by atoms with Crippen LogP contribution in [0.4, 0.5) is 11.6 Å². The van der Waals surface area contributed by atoms with Gasteiger partial charge in [0.2, 0.25) is 5.95 Å². The molecule has 6 rings (SSSR count). The smallest absolute Gasteiger partial charge is 0.261 e. The fraction of sp³-hybridized carbons (Fsp3) is 0.333. The molecule has 0 amide bonds. The number of nitrogens with zero attached hydrogens (tertiary/aromatic N) is 5. The molecule has 0 bridgehead atoms. The summed E-state index contributed by atoms with van der Waals surface area (Å²) in [6.07, 6.45) is 9.84. The van der Waals surface area contributed by atoms with Crippen molar-refractivity contribution in [2.75, 3.05) is 32.5 Å². The minimum atomic E-state index is -0.189. The average molecular weight is 540 g/mol. The summed E-state index contributed by atoms with van der Waals surface area (Å²) in [4.78, 5) is 25.0. The van der Waals surface area contributed by atoms with Crippen LogP contribution >= 0.6 is 0 Å². The SMILES string of the molecule is C=C(c1cc2cnc(Nc3ccc(OC4CCNC4)cc3)nc2n(Cc2cnoc2C2=CCCC2)c1=O)N(C)C. The van der Waals surface area contributed by atoms with Crippen LogP contribution in [0.1, 0.15) is 42.6 Å². The van der Waals surface area contributed by atoms with Crippen LogP contribution in [0.2, 0.25) is 0 Å². The van der Waals surface area contributed by atoms with Gasteiger partial charge in [0.25, 0.3) is 5.56 Å². The largest absolute Gasteiger partial charge is 0.489 e. The molecule has 0 spiro atoms. The van der Waals surface area contributed by atoms with Gasteiger partial charge in [-0.25, -0.2) is 4.98 Å². The Kier molecular flexibility index (Phi) is 7.08. The highest BCUT2D eigenvalue weighted by Crippen LogP contribution is 2.31. The summed E-state index contributed by atoms with van der Waals surface area (Å²) in [5.41, 5.74) is 4.22. The molecule has 1 aromatic carbocycles. The van der Waals surface area contributed by atoms with E-state index in [1.165, 1.54) is 0 Å². The van der Waals surface area contributed by atoms with Crippen molar-refractivity contribution in [2.45, 2.75) is 38.3 Å². The summed E-state index contributed by atoms with van der Waals surface area (Å²) in [5.74, 6) is 1.94. The number of hydrogen-bond acceptors (Lipinski definition) is 9. The van der Waals surface area contributed by atoms with Gasteiger partial charge in [0.1, 0.15) is 17.5 Å². The summed E-state index contributed by atoms with van der Waals surface area (Å²) >= 11 is 0. The molecule has 1 saturated heterocycles. The number of ether oxygens (including phenoxy) is 1. The maximum Gasteiger partial charge on any atom is 0.261 e. The molecule has 1 atom stereocenters. The third kappa shape index (κ3) is 5.22. The van der Waals surface area contributed by atoms with Gasteiger partial charge < -0.3 is 24.8 Å². The van der Waals surface area contributed by atoms with Crippen LogP contribution in [0, 0.1) is 0 Å². The van der Waals surface area contributed by atoms with Gasteiger partial charge in [-0.2, -0.15) is 4.98 Å². The number of hydrogen-bond donors (Lipinski definition) is 2. The van der Waals surface area contributed by atoms with Gasteiger partial charge in [-0.1, -0.05) is 17.8 Å². The van der Waals surface area contributed by atoms with Gasteiger partial charge in [0.05, 0.1) is 18.3 Å². The topological polar surface area (TPSA) is 110 Å². The third-order valence-corrected chi connectivity index (χ3v) is 7.41. The van der Waals surface area contributed by atoms with Crippen molar-refractivity contribution in [3.8, 4) is 5.75 Å². The Bertz CT molecular complexity index is 1630. The molecule has 4 heterocycles. The number of pyridine rings is 1. The fourth-order valence-corrected chi connectivity index (χ4v) is 5.17. The van der Waals surface area contributed by atoms with E-state index in [2.05, 4.69) is 33.4 Å². The molecule has 206 valence electrons. The van der Waals surface area contributed by atoms with Gasteiger partial charge in [-0.15, -0.1) is 0 Å². The highest BCUT2D eigenvalue weighted by Gasteiger charge is 2.21. The first-order valence-corrected chi connectivity index (χ1v) is 13.6. The number of aromatic nitrogens is 4. The lowest BCUT2D eigenvalue weighted by molar-refractivity contribution is 0.223. The van der Waals surface area contributed by atoms with E-state index in [0.29, 0.717) is 22.9 Å². The second kappa shape index (κ2) is 11.0. The molecule has 4 aromatic rings. The second-order valence-corrected chi connectivity index (χ2v) is 10.4. The van der Waals surface area contributed by atoms with Crippen molar-refractivity contribution >= 4 is 33.9 Å². The van der Waals surface area contributed by atoms with Crippen LogP contribution < -0.4 is 20.9 Å². The van der Waals surface area contributed by atoms with Crippen molar-refractivity contribution in [3.63, 3.8) is 0 Å². The fourth-order valence-electron chi connectivity index (χ4n) is 5.17. The Morgan fingerprint density at radius 3 is 2.85 bits per heavy atom. The van der Waals surface area contributed by atoms with Gasteiger partial charge in [0, 0.05) is 49.2 Å². The number of anilines is 2. The molecule has 40 heavy (non-hydrogen) atoms. The summed E-state index contributed by atoms with van der Waals surface area (Å²) in [6, 6.07) is 9.53. The van der Waals surface area contributed by atoms with E-state index in [0.717, 1.165) is 72.5 Å². The second-order valence-electron chi connectivity index (χ2n) is 10.4. The Balaban J connectivity index is 1.35. The Morgan fingerprint density at radius 1 is 1.27 bits per heavy atom. The first kappa shape index (κ1) is 25.8. The van der Waals surface area contributed by atoms with Crippen LogP contribution in [-0.4, -0.2) is 57.9 Å². The molecule has 1 fully saturated rings. The molecule has 3 aromatic heterocycles. The van der Waals surface area contributed by atoms with Crippen molar-refractivity contribution in [2.24, 2.45) is 0 Å². The van der Waals surface area contributed by atoms with Crippen molar-refractivity contribution in [1.29, 1.82) is 0 Å². The maximum absolute atomic E-state index is 13.8. The van der Waals surface area contributed by atoms with Gasteiger partial charge in [0.15, 0.2) is 5.76 Å². The van der Waals surface area contributed by atoms with Crippen molar-refractivity contribution in [3.05, 3.63) is 82.6 Å². The van der Waals surface area contributed by atoms with Crippen LogP contribution in [0.3, 0.4) is 0 Å². The van der Waals surface area contributed by atoms with Crippen LogP contribution in [0.25, 0.3) is 22.3 Å². The minimum absolute atomic E-state index is 0.189. The highest BCUT2D eigenvalue weighted by molar-refractivity contribution is 5.80. The lowest BCUT2D eigenvalue weighted by atomic mass is 10.1. The molecular weight excluding hydrogens is 506 g/mol. The van der Waals surface area contributed by atoms with Crippen LogP contribution in [0.15, 0.2) is 64.7 Å².